The molecule has 1 amide bonds. The van der Waals surface area contributed by atoms with Crippen molar-refractivity contribution in [2.75, 3.05) is 24.8 Å². The third kappa shape index (κ3) is 5.03. The summed E-state index contributed by atoms with van der Waals surface area (Å²) in [5.41, 5.74) is 0.836. The van der Waals surface area contributed by atoms with Crippen molar-refractivity contribution in [1.82, 2.24) is 5.32 Å². The fourth-order valence-electron chi connectivity index (χ4n) is 1.65. The summed E-state index contributed by atoms with van der Waals surface area (Å²) in [5.74, 6) is 1.69. The van der Waals surface area contributed by atoms with Gasteiger partial charge in [0.15, 0.2) is 16.7 Å². The molecule has 1 aliphatic heterocycles. The van der Waals surface area contributed by atoms with Crippen LogP contribution in [0.25, 0.3) is 0 Å². The van der Waals surface area contributed by atoms with Gasteiger partial charge in [-0.05, 0) is 30.2 Å². The molecule has 0 atom stereocenters. The second-order valence-electron chi connectivity index (χ2n) is 4.29. The normalized spacial score (nSPS) is 16.3. The minimum atomic E-state index is -0.0504. The predicted octanol–water partition coefficient (Wildman–Crippen LogP) is 2.41. The first-order chi connectivity index (χ1) is 10.7. The number of alkyl halides is 1. The molecular weight excluding hydrogens is 370 g/mol. The van der Waals surface area contributed by atoms with E-state index < -0.39 is 0 Å². The number of ether oxygens (including phenoxy) is 2. The molecule has 1 fully saturated rings. The summed E-state index contributed by atoms with van der Waals surface area (Å²) in [6, 6.07) is 5.54. The number of carbonyl (C=O) groups excluding carboxylic acids is 1. The number of carbonyl (C=O) groups is 1. The zero-order valence-corrected chi connectivity index (χ0v) is 14.4. The molecule has 0 bridgehead atoms. The predicted molar refractivity (Wildman–Crippen MR) is 92.5 cm³/mol. The Labute approximate surface area is 141 Å². The first-order valence-electron chi connectivity index (χ1n) is 6.63. The molecule has 1 aromatic rings. The highest BCUT2D eigenvalue weighted by molar-refractivity contribution is 9.09. The highest BCUT2D eigenvalue weighted by Crippen LogP contribution is 2.27. The molecule has 1 N–H and O–H groups in total. The molecule has 0 saturated carbocycles. The molecule has 1 aliphatic rings. The number of amides is 1. The number of amidine groups is 1. The lowest BCUT2D eigenvalue weighted by molar-refractivity contribution is -0.116. The van der Waals surface area contributed by atoms with Crippen LogP contribution in [0.1, 0.15) is 12.0 Å². The Morgan fingerprint density at radius 1 is 1.45 bits per heavy atom. The highest BCUT2D eigenvalue weighted by Gasteiger charge is 2.15. The van der Waals surface area contributed by atoms with E-state index in [2.05, 4.69) is 31.4 Å². The van der Waals surface area contributed by atoms with Crippen molar-refractivity contribution in [2.45, 2.75) is 6.42 Å². The van der Waals surface area contributed by atoms with Crippen LogP contribution in [0, 0.1) is 0 Å². The van der Waals surface area contributed by atoms with E-state index in [1.807, 2.05) is 18.2 Å². The Morgan fingerprint density at radius 3 is 3.00 bits per heavy atom. The van der Waals surface area contributed by atoms with E-state index in [0.29, 0.717) is 29.0 Å². The number of hydrogen-bond acceptors (Lipinski definition) is 6. The van der Waals surface area contributed by atoms with Crippen molar-refractivity contribution >= 4 is 45.0 Å². The van der Waals surface area contributed by atoms with Gasteiger partial charge in [-0.15, -0.1) is 5.10 Å². The van der Waals surface area contributed by atoms with Gasteiger partial charge < -0.3 is 14.8 Å². The van der Waals surface area contributed by atoms with Gasteiger partial charge >= 0.3 is 0 Å². The van der Waals surface area contributed by atoms with Gasteiger partial charge in [0.2, 0.25) is 5.91 Å². The Bertz CT molecular complexity index is 593. The van der Waals surface area contributed by atoms with Crippen molar-refractivity contribution in [3.8, 4) is 11.5 Å². The average Bonchev–Trinajstić information content (AvgIpc) is 2.94. The summed E-state index contributed by atoms with van der Waals surface area (Å²) < 4.78 is 11.0. The van der Waals surface area contributed by atoms with Crippen LogP contribution in [0.5, 0.6) is 11.5 Å². The van der Waals surface area contributed by atoms with E-state index in [-0.39, 0.29) is 5.91 Å². The molecule has 1 aromatic carbocycles. The van der Waals surface area contributed by atoms with Gasteiger partial charge in [-0.2, -0.15) is 5.10 Å². The number of thioether (sulfide) groups is 1. The molecular formula is C14H16BrN3O3S. The highest BCUT2D eigenvalue weighted by atomic mass is 79.9. The smallest absolute Gasteiger partial charge is 0.236 e. The molecule has 6 nitrogen and oxygen atoms in total. The van der Waals surface area contributed by atoms with Crippen LogP contribution in [-0.4, -0.2) is 42.1 Å². The van der Waals surface area contributed by atoms with Crippen LogP contribution < -0.4 is 14.8 Å². The summed E-state index contributed by atoms with van der Waals surface area (Å²) in [6.45, 7) is 0.625. The fraction of sp³-hybridized carbons (Fsp3) is 0.357. The van der Waals surface area contributed by atoms with Crippen LogP contribution in [0.4, 0.5) is 0 Å². The van der Waals surface area contributed by atoms with Crippen molar-refractivity contribution in [3.05, 3.63) is 23.8 Å². The average molecular weight is 386 g/mol. The minimum absolute atomic E-state index is 0.0504. The van der Waals surface area contributed by atoms with Gasteiger partial charge in [-0.3, -0.25) is 4.79 Å². The third-order valence-electron chi connectivity index (χ3n) is 2.66. The van der Waals surface area contributed by atoms with E-state index in [9.17, 15) is 4.79 Å². The first kappa shape index (κ1) is 16.8. The number of hydrogen-bond donors (Lipinski definition) is 1. The van der Waals surface area contributed by atoms with Gasteiger partial charge in [0.25, 0.3) is 0 Å². The summed E-state index contributed by atoms with van der Waals surface area (Å²) in [4.78, 5) is 11.0. The lowest BCUT2D eigenvalue weighted by Crippen LogP contribution is -2.19. The zero-order valence-electron chi connectivity index (χ0n) is 12.0. The van der Waals surface area contributed by atoms with Gasteiger partial charge in [0.1, 0.15) is 0 Å². The van der Waals surface area contributed by atoms with Gasteiger partial charge in [0.05, 0.1) is 25.7 Å². The van der Waals surface area contributed by atoms with Gasteiger partial charge in [0, 0.05) is 5.33 Å². The zero-order chi connectivity index (χ0) is 15.8. The van der Waals surface area contributed by atoms with Crippen molar-refractivity contribution in [3.63, 3.8) is 0 Å². The van der Waals surface area contributed by atoms with Crippen LogP contribution in [0.2, 0.25) is 0 Å². The Hall–Kier alpha value is -1.54. The maximum absolute atomic E-state index is 11.0. The van der Waals surface area contributed by atoms with Crippen molar-refractivity contribution in [1.29, 1.82) is 0 Å². The summed E-state index contributed by atoms with van der Waals surface area (Å²) in [6.07, 6.45) is 2.52. The molecule has 1 heterocycles. The van der Waals surface area contributed by atoms with E-state index in [1.165, 1.54) is 11.8 Å². The second-order valence-corrected chi connectivity index (χ2v) is 6.04. The summed E-state index contributed by atoms with van der Waals surface area (Å²) in [7, 11) is 1.60. The molecule has 0 aromatic heterocycles. The lowest BCUT2D eigenvalue weighted by atomic mass is 10.2. The van der Waals surface area contributed by atoms with Crippen LogP contribution in [-0.2, 0) is 4.79 Å². The number of methoxy groups -OCH3 is 1. The van der Waals surface area contributed by atoms with Crippen molar-refractivity contribution < 1.29 is 14.3 Å². The lowest BCUT2D eigenvalue weighted by Gasteiger charge is -2.10. The van der Waals surface area contributed by atoms with E-state index >= 15 is 0 Å². The van der Waals surface area contributed by atoms with E-state index in [0.717, 1.165) is 17.3 Å². The summed E-state index contributed by atoms with van der Waals surface area (Å²) in [5, 5.41) is 11.9. The van der Waals surface area contributed by atoms with Crippen LogP contribution in [0.3, 0.4) is 0 Å². The fourth-order valence-corrected chi connectivity index (χ4v) is 2.51. The maximum atomic E-state index is 11.0. The summed E-state index contributed by atoms with van der Waals surface area (Å²) >= 11 is 4.70. The van der Waals surface area contributed by atoms with E-state index in [1.54, 1.807) is 13.3 Å². The number of benzene rings is 1. The van der Waals surface area contributed by atoms with Gasteiger partial charge in [-0.25, -0.2) is 0 Å². The minimum Gasteiger partial charge on any atom is -0.493 e. The Morgan fingerprint density at radius 2 is 2.32 bits per heavy atom. The quantitative estimate of drug-likeness (QED) is 0.338. The molecule has 8 heteroatoms. The van der Waals surface area contributed by atoms with Gasteiger partial charge in [-0.1, -0.05) is 27.7 Å². The largest absolute Gasteiger partial charge is 0.493 e. The molecule has 1 saturated heterocycles. The first-order valence-corrected chi connectivity index (χ1v) is 8.74. The number of rotatable bonds is 7. The van der Waals surface area contributed by atoms with Crippen LogP contribution in [0.15, 0.2) is 28.4 Å². The van der Waals surface area contributed by atoms with E-state index in [4.69, 9.17) is 9.47 Å². The Balaban J connectivity index is 2.01. The topological polar surface area (TPSA) is 72.3 Å². The number of halogens is 1. The van der Waals surface area contributed by atoms with Crippen molar-refractivity contribution in [2.24, 2.45) is 10.2 Å². The SMILES string of the molecule is COc1cc(C=NN=C2NC(=O)CS2)ccc1OCCCBr. The molecule has 22 heavy (non-hydrogen) atoms. The standard InChI is InChI=1S/C14H16BrN3O3S/c1-20-12-7-10(3-4-11(12)21-6-2-5-15)8-16-18-14-17-13(19)9-22-14/h3-4,7-8H,2,5-6,9H2,1H3,(H,17,18,19). The molecule has 0 unspecified atom stereocenters. The molecule has 0 spiro atoms. The Kier molecular flexibility index (Phi) is 6.73. The molecule has 0 radical (unpaired) electrons. The monoisotopic (exact) mass is 385 g/mol. The third-order valence-corrected chi connectivity index (χ3v) is 4.09. The number of nitrogens with zero attached hydrogens (tertiary/aromatic N) is 2. The molecule has 2 rings (SSSR count). The number of nitrogens with one attached hydrogen (secondary N) is 1. The second kappa shape index (κ2) is 8.79. The molecule has 0 aliphatic carbocycles. The van der Waals surface area contributed by atoms with Crippen LogP contribution >= 0.6 is 27.7 Å². The maximum Gasteiger partial charge on any atom is 0.236 e. The molecule has 118 valence electrons.